The Morgan fingerprint density at radius 1 is 1.25 bits per heavy atom. The first kappa shape index (κ1) is 29.3. The number of imide groups is 1. The second-order valence-electron chi connectivity index (χ2n) is 7.91. The summed E-state index contributed by atoms with van der Waals surface area (Å²) in [4.78, 5) is 41.7. The molecule has 1 fully saturated rings. The summed E-state index contributed by atoms with van der Waals surface area (Å²) in [5.74, 6) is 0.706. The number of rotatable bonds is 8. The molecule has 2 rings (SSSR count). The number of ether oxygens (including phenoxy) is 1. The van der Waals surface area contributed by atoms with Crippen LogP contribution in [0.4, 0.5) is 0 Å². The van der Waals surface area contributed by atoms with Crippen LogP contribution in [-0.2, 0) is 14.4 Å². The van der Waals surface area contributed by atoms with E-state index in [1.807, 2.05) is 13.8 Å². The molecule has 1 aliphatic heterocycles. The number of carbonyl (C=O) groups excluding carboxylic acids is 3. The van der Waals surface area contributed by atoms with Crippen molar-refractivity contribution in [1.29, 1.82) is 0 Å². The van der Waals surface area contributed by atoms with Crippen molar-refractivity contribution in [2.45, 2.75) is 72.8 Å². The van der Waals surface area contributed by atoms with Gasteiger partial charge in [0.15, 0.2) is 5.78 Å². The summed E-state index contributed by atoms with van der Waals surface area (Å²) in [5.41, 5.74) is 1.14. The molecule has 1 heterocycles. The standard InChI is InChI=1S/C15H22O3.C8H13NO2.CH2O2/c1-4-5-6-10-18-14-9-7-8-13(11(2)16)15(14)12(3)17;1-5(2)6-3-4-7(10)9-8(6)11;2-1-3/h7-9,12,17H,4-6,10H2,1-3H3;5-6H,3-4H2,1-2H3,(H,9,10,11);1H,(H,2,3). The number of Topliss-reactive ketones (excluding diaryl/α,β-unsaturated/α-hetero) is 1. The number of hydrogen-bond acceptors (Lipinski definition) is 6. The number of hydrogen-bond donors (Lipinski definition) is 3. The second kappa shape index (κ2) is 16.0. The van der Waals surface area contributed by atoms with E-state index in [4.69, 9.17) is 14.6 Å². The average Bonchev–Trinajstić information content (AvgIpc) is 2.71. The highest BCUT2D eigenvalue weighted by atomic mass is 16.5. The zero-order valence-corrected chi connectivity index (χ0v) is 19.7. The normalized spacial score (nSPS) is 16.0. The minimum atomic E-state index is -0.703. The third-order valence-electron chi connectivity index (χ3n) is 4.96. The number of nitrogens with one attached hydrogen (secondary N) is 1. The molecule has 1 aliphatic rings. The van der Waals surface area contributed by atoms with Crippen LogP contribution >= 0.6 is 0 Å². The molecule has 2 atom stereocenters. The highest BCUT2D eigenvalue weighted by molar-refractivity contribution is 5.98. The van der Waals surface area contributed by atoms with E-state index in [1.54, 1.807) is 25.1 Å². The third-order valence-corrected chi connectivity index (χ3v) is 4.96. The lowest BCUT2D eigenvalue weighted by atomic mass is 9.88. The molecule has 2 unspecified atom stereocenters. The van der Waals surface area contributed by atoms with Crippen LogP contribution in [-0.4, -0.2) is 40.9 Å². The van der Waals surface area contributed by atoms with Gasteiger partial charge in [-0.05, 0) is 38.7 Å². The molecule has 0 spiro atoms. The molecule has 32 heavy (non-hydrogen) atoms. The summed E-state index contributed by atoms with van der Waals surface area (Å²) in [6, 6.07) is 5.32. The number of amides is 2. The predicted octanol–water partition coefficient (Wildman–Crippen LogP) is 3.91. The SMILES string of the molecule is CC(C)C1CCC(=O)NC1=O.CCCCCOc1cccc(C(C)=O)c1C(C)O.O=CO. The van der Waals surface area contributed by atoms with Crippen LogP contribution in [0.3, 0.4) is 0 Å². The van der Waals surface area contributed by atoms with Gasteiger partial charge in [0.05, 0.1) is 12.7 Å². The van der Waals surface area contributed by atoms with E-state index in [0.717, 1.165) is 19.3 Å². The van der Waals surface area contributed by atoms with Crippen LogP contribution < -0.4 is 10.1 Å². The number of piperidine rings is 1. The Kier molecular flexibility index (Phi) is 14.6. The number of aliphatic hydroxyl groups excluding tert-OH is 1. The molecule has 0 saturated carbocycles. The number of ketones is 1. The number of aliphatic hydroxyl groups is 1. The first-order valence-electron chi connectivity index (χ1n) is 11.0. The molecule has 1 aromatic rings. The highest BCUT2D eigenvalue weighted by Gasteiger charge is 2.28. The Morgan fingerprint density at radius 3 is 2.34 bits per heavy atom. The van der Waals surface area contributed by atoms with Crippen molar-refractivity contribution in [2.75, 3.05) is 6.61 Å². The Bertz CT molecular complexity index is 744. The molecule has 0 bridgehead atoms. The lowest BCUT2D eigenvalue weighted by Crippen LogP contribution is -2.42. The predicted molar refractivity (Wildman–Crippen MR) is 122 cm³/mol. The molecule has 3 N–H and O–H groups in total. The summed E-state index contributed by atoms with van der Waals surface area (Å²) in [7, 11) is 0. The van der Waals surface area contributed by atoms with Gasteiger partial charge in [-0.3, -0.25) is 24.5 Å². The van der Waals surface area contributed by atoms with Gasteiger partial charge in [0.1, 0.15) is 5.75 Å². The van der Waals surface area contributed by atoms with Crippen molar-refractivity contribution in [2.24, 2.45) is 11.8 Å². The summed E-state index contributed by atoms with van der Waals surface area (Å²) < 4.78 is 5.68. The number of unbranched alkanes of at least 4 members (excludes halogenated alkanes) is 2. The lowest BCUT2D eigenvalue weighted by molar-refractivity contribution is -0.137. The Labute approximate surface area is 190 Å². The van der Waals surface area contributed by atoms with Crippen LogP contribution in [0.15, 0.2) is 18.2 Å². The Morgan fingerprint density at radius 2 is 1.88 bits per heavy atom. The van der Waals surface area contributed by atoms with Gasteiger partial charge in [-0.15, -0.1) is 0 Å². The molecular weight excluding hydrogens is 414 g/mol. The lowest BCUT2D eigenvalue weighted by Gasteiger charge is -2.23. The first-order valence-corrected chi connectivity index (χ1v) is 11.0. The van der Waals surface area contributed by atoms with Crippen molar-refractivity contribution in [3.8, 4) is 5.75 Å². The number of carboxylic acid groups (broad SMARTS) is 1. The minimum absolute atomic E-state index is 0.0349. The van der Waals surface area contributed by atoms with Gasteiger partial charge >= 0.3 is 0 Å². The largest absolute Gasteiger partial charge is 0.493 e. The van der Waals surface area contributed by atoms with Gasteiger partial charge in [-0.25, -0.2) is 0 Å². The Hall–Kier alpha value is -2.74. The second-order valence-corrected chi connectivity index (χ2v) is 7.91. The van der Waals surface area contributed by atoms with Crippen LogP contribution in [0.1, 0.15) is 88.7 Å². The molecule has 8 nitrogen and oxygen atoms in total. The van der Waals surface area contributed by atoms with Gasteiger partial charge in [0.2, 0.25) is 11.8 Å². The molecule has 0 radical (unpaired) electrons. The fourth-order valence-electron chi connectivity index (χ4n) is 3.29. The van der Waals surface area contributed by atoms with E-state index < -0.39 is 6.10 Å². The Balaban J connectivity index is 0.000000582. The average molecular weight is 452 g/mol. The molecule has 180 valence electrons. The van der Waals surface area contributed by atoms with E-state index >= 15 is 0 Å². The van der Waals surface area contributed by atoms with E-state index in [2.05, 4.69) is 12.2 Å². The quantitative estimate of drug-likeness (QED) is 0.236. The smallest absolute Gasteiger partial charge is 0.290 e. The number of benzene rings is 1. The van der Waals surface area contributed by atoms with Crippen molar-refractivity contribution >= 4 is 24.1 Å². The van der Waals surface area contributed by atoms with E-state index in [1.165, 1.54) is 6.92 Å². The highest BCUT2D eigenvalue weighted by Crippen LogP contribution is 2.29. The van der Waals surface area contributed by atoms with Crippen LogP contribution in [0.25, 0.3) is 0 Å². The maximum Gasteiger partial charge on any atom is 0.290 e. The fourth-order valence-corrected chi connectivity index (χ4v) is 3.29. The molecule has 0 aromatic heterocycles. The van der Waals surface area contributed by atoms with Crippen molar-refractivity contribution in [3.63, 3.8) is 0 Å². The molecule has 1 saturated heterocycles. The zero-order valence-electron chi connectivity index (χ0n) is 19.7. The third kappa shape index (κ3) is 10.5. The zero-order chi connectivity index (χ0) is 24.7. The van der Waals surface area contributed by atoms with E-state index in [-0.39, 0.29) is 30.0 Å². The van der Waals surface area contributed by atoms with Crippen molar-refractivity contribution < 1.29 is 34.1 Å². The van der Waals surface area contributed by atoms with Crippen LogP contribution in [0.2, 0.25) is 0 Å². The fraction of sp³-hybridized carbons (Fsp3) is 0.583. The summed E-state index contributed by atoms with van der Waals surface area (Å²) in [6.45, 7) is 9.66. The monoisotopic (exact) mass is 451 g/mol. The molecule has 8 heteroatoms. The number of carbonyl (C=O) groups is 4. The van der Waals surface area contributed by atoms with Gasteiger partial charge in [0.25, 0.3) is 6.47 Å². The molecular formula is C24H37NO7. The maximum absolute atomic E-state index is 11.5. The van der Waals surface area contributed by atoms with E-state index in [9.17, 15) is 19.5 Å². The minimum Gasteiger partial charge on any atom is -0.493 e. The van der Waals surface area contributed by atoms with Gasteiger partial charge in [-0.1, -0.05) is 45.7 Å². The van der Waals surface area contributed by atoms with Gasteiger partial charge < -0.3 is 14.9 Å². The van der Waals surface area contributed by atoms with Crippen molar-refractivity contribution in [3.05, 3.63) is 29.3 Å². The van der Waals surface area contributed by atoms with Gasteiger partial charge in [0, 0.05) is 23.5 Å². The molecule has 2 amide bonds. The van der Waals surface area contributed by atoms with E-state index in [0.29, 0.717) is 42.2 Å². The molecule has 0 aliphatic carbocycles. The topological polar surface area (TPSA) is 130 Å². The molecule has 1 aromatic carbocycles. The summed E-state index contributed by atoms with van der Waals surface area (Å²) in [5, 5.41) is 19.0. The summed E-state index contributed by atoms with van der Waals surface area (Å²) in [6.07, 6.45) is 3.75. The summed E-state index contributed by atoms with van der Waals surface area (Å²) >= 11 is 0. The van der Waals surface area contributed by atoms with Crippen LogP contribution in [0.5, 0.6) is 5.75 Å². The first-order chi connectivity index (χ1) is 15.1. The van der Waals surface area contributed by atoms with Crippen LogP contribution in [0, 0.1) is 11.8 Å². The van der Waals surface area contributed by atoms with Crippen molar-refractivity contribution in [1.82, 2.24) is 5.32 Å². The maximum atomic E-state index is 11.5. The van der Waals surface area contributed by atoms with Gasteiger partial charge in [-0.2, -0.15) is 0 Å².